The van der Waals surface area contributed by atoms with E-state index in [1.807, 2.05) is 0 Å². The highest BCUT2D eigenvalue weighted by Crippen LogP contribution is 2.29. The van der Waals surface area contributed by atoms with Crippen LogP contribution in [0.1, 0.15) is 28.8 Å². The predicted octanol–water partition coefficient (Wildman–Crippen LogP) is 2.60. The fourth-order valence-corrected chi connectivity index (χ4v) is 4.01. The molecule has 0 aliphatic heterocycles. The first-order valence-electron chi connectivity index (χ1n) is 7.96. The molecule has 1 saturated carbocycles. The molecule has 0 spiro atoms. The smallest absolute Gasteiger partial charge is 0.290 e. The maximum atomic E-state index is 12.7. The van der Waals surface area contributed by atoms with Crippen LogP contribution in [0.15, 0.2) is 47.4 Å². The van der Waals surface area contributed by atoms with Crippen molar-refractivity contribution in [1.29, 1.82) is 0 Å². The summed E-state index contributed by atoms with van der Waals surface area (Å²) in [4.78, 5) is 22.2. The number of nitrogens with zero attached hydrogens (tertiary/aromatic N) is 1. The quantitative estimate of drug-likeness (QED) is 0.594. The van der Waals surface area contributed by atoms with Crippen LogP contribution < -0.4 is 10.0 Å². The minimum Gasteiger partial charge on any atom is -0.349 e. The number of carbonyl (C=O) groups is 1. The molecule has 1 aliphatic carbocycles. The Balaban J connectivity index is 1.91. The van der Waals surface area contributed by atoms with Gasteiger partial charge in [0, 0.05) is 23.4 Å². The van der Waals surface area contributed by atoms with Crippen molar-refractivity contribution in [3.8, 4) is 0 Å². The van der Waals surface area contributed by atoms with Gasteiger partial charge in [-0.3, -0.25) is 19.6 Å². The highest BCUT2D eigenvalue weighted by molar-refractivity contribution is 7.93. The van der Waals surface area contributed by atoms with Crippen molar-refractivity contribution in [2.75, 3.05) is 4.72 Å². The Morgan fingerprint density at radius 3 is 2.54 bits per heavy atom. The first kappa shape index (κ1) is 17.9. The van der Waals surface area contributed by atoms with E-state index in [0.717, 1.165) is 18.9 Å². The maximum Gasteiger partial charge on any atom is 0.290 e. The molecule has 1 aliphatic rings. The molecule has 0 heterocycles. The molecule has 136 valence electrons. The van der Waals surface area contributed by atoms with Gasteiger partial charge in [0.1, 0.15) is 0 Å². The van der Waals surface area contributed by atoms with E-state index in [9.17, 15) is 23.3 Å². The van der Waals surface area contributed by atoms with Crippen molar-refractivity contribution in [3.05, 3.63) is 63.7 Å². The SMILES string of the molecule is Cc1cccc([N+](=O)[O-])c1S(=O)(=O)Nc1cccc(C(=O)NC2CC2)c1. The Kier molecular flexibility index (Phi) is 4.64. The van der Waals surface area contributed by atoms with Gasteiger partial charge in [-0.05, 0) is 43.5 Å². The minimum absolute atomic E-state index is 0.158. The van der Waals surface area contributed by atoms with Crippen LogP contribution in [-0.2, 0) is 10.0 Å². The Morgan fingerprint density at radius 1 is 1.19 bits per heavy atom. The Hall–Kier alpha value is -2.94. The van der Waals surface area contributed by atoms with Crippen LogP contribution in [0.5, 0.6) is 0 Å². The standard InChI is InChI=1S/C17H17N3O5S/c1-11-4-2-7-15(20(22)23)16(11)26(24,25)19-14-6-3-5-12(10-14)17(21)18-13-8-9-13/h2-7,10,13,19H,8-9H2,1H3,(H,18,21). The molecule has 0 saturated heterocycles. The van der Waals surface area contributed by atoms with E-state index in [1.165, 1.54) is 31.2 Å². The van der Waals surface area contributed by atoms with Crippen LogP contribution in [0.25, 0.3) is 0 Å². The summed E-state index contributed by atoms with van der Waals surface area (Å²) in [5, 5.41) is 14.0. The van der Waals surface area contributed by atoms with E-state index in [2.05, 4.69) is 10.0 Å². The van der Waals surface area contributed by atoms with Gasteiger partial charge < -0.3 is 5.32 Å². The molecule has 0 unspecified atom stereocenters. The fraction of sp³-hybridized carbons (Fsp3) is 0.235. The number of nitro benzene ring substituents is 1. The molecule has 0 bridgehead atoms. The number of sulfonamides is 1. The van der Waals surface area contributed by atoms with Gasteiger partial charge in [0.05, 0.1) is 4.92 Å². The highest BCUT2D eigenvalue weighted by atomic mass is 32.2. The lowest BCUT2D eigenvalue weighted by molar-refractivity contribution is -0.387. The molecule has 8 nitrogen and oxygen atoms in total. The first-order chi connectivity index (χ1) is 12.3. The van der Waals surface area contributed by atoms with E-state index >= 15 is 0 Å². The summed E-state index contributed by atoms with van der Waals surface area (Å²) < 4.78 is 27.7. The lowest BCUT2D eigenvalue weighted by Gasteiger charge is -2.11. The summed E-state index contributed by atoms with van der Waals surface area (Å²) in [6.45, 7) is 1.49. The second-order valence-corrected chi connectivity index (χ2v) is 7.73. The number of amides is 1. The molecule has 0 aromatic heterocycles. The van der Waals surface area contributed by atoms with Crippen LogP contribution in [-0.4, -0.2) is 25.3 Å². The fourth-order valence-electron chi connectivity index (χ4n) is 2.56. The first-order valence-corrected chi connectivity index (χ1v) is 9.44. The zero-order chi connectivity index (χ0) is 18.9. The molecule has 26 heavy (non-hydrogen) atoms. The number of anilines is 1. The van der Waals surface area contributed by atoms with Crippen LogP contribution in [0.2, 0.25) is 0 Å². The second kappa shape index (κ2) is 6.75. The number of carbonyl (C=O) groups excluding carboxylic acids is 1. The summed E-state index contributed by atoms with van der Waals surface area (Å²) in [5.41, 5.74) is 0.233. The summed E-state index contributed by atoms with van der Waals surface area (Å²) in [6, 6.07) is 10.2. The lowest BCUT2D eigenvalue weighted by Crippen LogP contribution is -2.25. The molecule has 0 atom stereocenters. The van der Waals surface area contributed by atoms with Crippen LogP contribution in [0.4, 0.5) is 11.4 Å². The molecular weight excluding hydrogens is 358 g/mol. The monoisotopic (exact) mass is 375 g/mol. The van der Waals surface area contributed by atoms with E-state index < -0.39 is 25.5 Å². The number of rotatable bonds is 6. The maximum absolute atomic E-state index is 12.7. The van der Waals surface area contributed by atoms with Crippen molar-refractivity contribution in [3.63, 3.8) is 0 Å². The van der Waals surface area contributed by atoms with Gasteiger partial charge in [-0.2, -0.15) is 0 Å². The van der Waals surface area contributed by atoms with Gasteiger partial charge in [0.15, 0.2) is 4.90 Å². The molecule has 9 heteroatoms. The van der Waals surface area contributed by atoms with Crippen molar-refractivity contribution < 1.29 is 18.1 Å². The normalized spacial score (nSPS) is 13.9. The Labute approximate surface area is 150 Å². The third kappa shape index (κ3) is 3.83. The molecule has 2 aromatic carbocycles. The van der Waals surface area contributed by atoms with E-state index in [1.54, 1.807) is 12.1 Å². The number of hydrogen-bond acceptors (Lipinski definition) is 5. The Morgan fingerprint density at radius 2 is 1.88 bits per heavy atom. The average Bonchev–Trinajstić information content (AvgIpc) is 3.38. The molecular formula is C17H17N3O5S. The molecule has 0 radical (unpaired) electrons. The van der Waals surface area contributed by atoms with Crippen molar-refractivity contribution in [2.24, 2.45) is 0 Å². The minimum atomic E-state index is -4.20. The van der Waals surface area contributed by atoms with Crippen molar-refractivity contribution >= 4 is 27.3 Å². The number of hydrogen-bond donors (Lipinski definition) is 2. The predicted molar refractivity (Wildman–Crippen MR) is 95.6 cm³/mol. The topological polar surface area (TPSA) is 118 Å². The molecule has 1 fully saturated rings. The number of nitro groups is 1. The van der Waals surface area contributed by atoms with Gasteiger partial charge in [0.2, 0.25) is 0 Å². The van der Waals surface area contributed by atoms with Crippen molar-refractivity contribution in [1.82, 2.24) is 5.32 Å². The second-order valence-electron chi connectivity index (χ2n) is 6.11. The molecule has 2 aromatic rings. The van der Waals surface area contributed by atoms with Gasteiger partial charge in [0.25, 0.3) is 21.6 Å². The van der Waals surface area contributed by atoms with Gasteiger partial charge in [-0.1, -0.05) is 18.2 Å². The largest absolute Gasteiger partial charge is 0.349 e. The number of benzene rings is 2. The molecule has 2 N–H and O–H groups in total. The molecule has 3 rings (SSSR count). The third-order valence-electron chi connectivity index (χ3n) is 3.95. The van der Waals surface area contributed by atoms with Crippen molar-refractivity contribution in [2.45, 2.75) is 30.7 Å². The zero-order valence-corrected chi connectivity index (χ0v) is 14.7. The van der Waals surface area contributed by atoms with E-state index in [0.29, 0.717) is 5.56 Å². The number of aryl methyl sites for hydroxylation is 1. The molecule has 1 amide bonds. The highest BCUT2D eigenvalue weighted by Gasteiger charge is 2.28. The Bertz CT molecular complexity index is 984. The number of nitrogens with one attached hydrogen (secondary N) is 2. The van der Waals surface area contributed by atoms with Crippen LogP contribution >= 0.6 is 0 Å². The average molecular weight is 375 g/mol. The summed E-state index contributed by atoms with van der Waals surface area (Å²) >= 11 is 0. The summed E-state index contributed by atoms with van der Waals surface area (Å²) in [5.74, 6) is -0.282. The third-order valence-corrected chi connectivity index (χ3v) is 5.52. The van der Waals surface area contributed by atoms with Gasteiger partial charge >= 0.3 is 0 Å². The van der Waals surface area contributed by atoms with E-state index in [-0.39, 0.29) is 23.2 Å². The van der Waals surface area contributed by atoms with Gasteiger partial charge in [-0.15, -0.1) is 0 Å². The van der Waals surface area contributed by atoms with Gasteiger partial charge in [-0.25, -0.2) is 8.42 Å². The van der Waals surface area contributed by atoms with Crippen LogP contribution in [0, 0.1) is 17.0 Å². The summed E-state index contributed by atoms with van der Waals surface area (Å²) in [7, 11) is -4.20. The zero-order valence-electron chi connectivity index (χ0n) is 13.9. The van der Waals surface area contributed by atoms with E-state index in [4.69, 9.17) is 0 Å². The lowest BCUT2D eigenvalue weighted by atomic mass is 10.2. The van der Waals surface area contributed by atoms with Crippen LogP contribution in [0.3, 0.4) is 0 Å². The summed E-state index contributed by atoms with van der Waals surface area (Å²) in [6.07, 6.45) is 1.88.